The number of carboxylic acid groups (broad SMARTS) is 1. The molecule has 0 radical (unpaired) electrons. The molecule has 0 aliphatic heterocycles. The number of pyridine rings is 1. The van der Waals surface area contributed by atoms with Gasteiger partial charge in [0.05, 0.1) is 13.0 Å². The van der Waals surface area contributed by atoms with E-state index in [1.165, 1.54) is 4.57 Å². The van der Waals surface area contributed by atoms with Gasteiger partial charge in [-0.3, -0.25) is 9.36 Å². The molecule has 3 aromatic rings. The normalized spacial score (nSPS) is 10.9. The fourth-order valence-electron chi connectivity index (χ4n) is 2.26. The maximum absolute atomic E-state index is 11.9. The topological polar surface area (TPSA) is 85.3 Å². The predicted octanol–water partition coefficient (Wildman–Crippen LogP) is 1.66. The number of hydrogen-bond donors (Lipinski definition) is 1. The van der Waals surface area contributed by atoms with Crippen LogP contribution in [0.2, 0.25) is 0 Å². The molecule has 0 atom stereocenters. The number of carboxylic acids is 1. The molecule has 0 fully saturated rings. The monoisotopic (exact) mass is 284 g/mol. The number of fused-ring (bicyclic) bond motifs is 1. The highest BCUT2D eigenvalue weighted by molar-refractivity contribution is 5.71. The molecule has 1 N–H and O–H groups in total. The van der Waals surface area contributed by atoms with Gasteiger partial charge < -0.3 is 9.52 Å². The van der Waals surface area contributed by atoms with Crippen LogP contribution in [0.1, 0.15) is 11.1 Å². The number of nitrogens with zero attached hydrogens (tertiary/aromatic N) is 2. The lowest BCUT2D eigenvalue weighted by Gasteiger charge is -2.07. The van der Waals surface area contributed by atoms with E-state index in [0.29, 0.717) is 16.8 Å². The minimum absolute atomic E-state index is 0.0892. The van der Waals surface area contributed by atoms with Crippen LogP contribution in [0.3, 0.4) is 0 Å². The minimum atomic E-state index is -0.912. The van der Waals surface area contributed by atoms with Crippen molar-refractivity contribution in [1.29, 1.82) is 0 Å². The Morgan fingerprint density at radius 2 is 1.95 bits per heavy atom. The zero-order valence-electron chi connectivity index (χ0n) is 11.0. The van der Waals surface area contributed by atoms with Crippen LogP contribution >= 0.6 is 0 Å². The van der Waals surface area contributed by atoms with Crippen LogP contribution in [-0.4, -0.2) is 20.6 Å². The molecule has 1 aromatic carbocycles. The van der Waals surface area contributed by atoms with E-state index in [1.807, 2.05) is 0 Å². The highest BCUT2D eigenvalue weighted by atomic mass is 16.4. The lowest BCUT2D eigenvalue weighted by Crippen LogP contribution is -2.17. The molecule has 0 bridgehead atoms. The lowest BCUT2D eigenvalue weighted by atomic mass is 10.0. The minimum Gasteiger partial charge on any atom is -0.481 e. The summed E-state index contributed by atoms with van der Waals surface area (Å²) in [6, 6.07) is 10.5. The summed E-state index contributed by atoms with van der Waals surface area (Å²) in [6.07, 6.45) is 1.49. The molecule has 2 heterocycles. The van der Waals surface area contributed by atoms with E-state index >= 15 is 0 Å². The standard InChI is InChI=1S/C15H12N2O4/c18-13(19)8-10-4-1-2-5-11(10)9-17-14-12(21-15(17)20)6-3-7-16-14/h1-7H,8-9H2,(H,18,19). The average molecular weight is 284 g/mol. The van der Waals surface area contributed by atoms with Crippen molar-refractivity contribution < 1.29 is 14.3 Å². The first kappa shape index (κ1) is 13.1. The second kappa shape index (κ2) is 5.24. The van der Waals surface area contributed by atoms with Crippen LogP contribution in [0.4, 0.5) is 0 Å². The zero-order chi connectivity index (χ0) is 14.8. The van der Waals surface area contributed by atoms with Crippen LogP contribution in [0.25, 0.3) is 11.2 Å². The van der Waals surface area contributed by atoms with Gasteiger partial charge in [0.1, 0.15) is 0 Å². The third-order valence-corrected chi connectivity index (χ3v) is 3.21. The van der Waals surface area contributed by atoms with E-state index in [4.69, 9.17) is 9.52 Å². The molecule has 6 heteroatoms. The summed E-state index contributed by atoms with van der Waals surface area (Å²) in [4.78, 5) is 27.0. The first-order chi connectivity index (χ1) is 10.1. The molecule has 0 aliphatic rings. The Kier molecular flexibility index (Phi) is 3.27. The number of aliphatic carboxylic acids is 1. The van der Waals surface area contributed by atoms with Crippen molar-refractivity contribution in [2.75, 3.05) is 0 Å². The number of carbonyl (C=O) groups is 1. The molecule has 21 heavy (non-hydrogen) atoms. The highest BCUT2D eigenvalue weighted by Gasteiger charge is 2.13. The van der Waals surface area contributed by atoms with Crippen molar-refractivity contribution in [1.82, 2.24) is 9.55 Å². The van der Waals surface area contributed by atoms with Crippen molar-refractivity contribution in [2.24, 2.45) is 0 Å². The lowest BCUT2D eigenvalue weighted by molar-refractivity contribution is -0.136. The Balaban J connectivity index is 2.05. The summed E-state index contributed by atoms with van der Waals surface area (Å²) in [7, 11) is 0. The molecule has 0 saturated heterocycles. The van der Waals surface area contributed by atoms with Gasteiger partial charge in [0.2, 0.25) is 0 Å². The molecule has 106 valence electrons. The largest absolute Gasteiger partial charge is 0.481 e. The van der Waals surface area contributed by atoms with Crippen molar-refractivity contribution in [3.63, 3.8) is 0 Å². The van der Waals surface area contributed by atoms with Crippen molar-refractivity contribution in [2.45, 2.75) is 13.0 Å². The summed E-state index contributed by atoms with van der Waals surface area (Å²) >= 11 is 0. The molecule has 6 nitrogen and oxygen atoms in total. The van der Waals surface area contributed by atoms with E-state index in [9.17, 15) is 9.59 Å². The Morgan fingerprint density at radius 1 is 1.19 bits per heavy atom. The number of oxazole rings is 1. The Bertz CT molecular complexity index is 863. The second-order valence-electron chi connectivity index (χ2n) is 4.62. The summed E-state index contributed by atoms with van der Waals surface area (Å²) in [5, 5.41) is 8.94. The first-order valence-corrected chi connectivity index (χ1v) is 6.38. The molecular weight excluding hydrogens is 272 g/mol. The fraction of sp³-hybridized carbons (Fsp3) is 0.133. The number of aromatic nitrogens is 2. The Labute approximate surface area is 119 Å². The van der Waals surface area contributed by atoms with Gasteiger partial charge in [-0.05, 0) is 23.3 Å². The van der Waals surface area contributed by atoms with Gasteiger partial charge in [-0.2, -0.15) is 0 Å². The quantitative estimate of drug-likeness (QED) is 0.787. The van der Waals surface area contributed by atoms with Crippen LogP contribution in [0, 0.1) is 0 Å². The van der Waals surface area contributed by atoms with Gasteiger partial charge in [0.25, 0.3) is 0 Å². The Morgan fingerprint density at radius 3 is 2.71 bits per heavy atom. The van der Waals surface area contributed by atoms with Crippen LogP contribution in [0.5, 0.6) is 0 Å². The molecule has 0 saturated carbocycles. The first-order valence-electron chi connectivity index (χ1n) is 6.38. The maximum atomic E-state index is 11.9. The van der Waals surface area contributed by atoms with E-state index in [1.54, 1.807) is 42.6 Å². The van der Waals surface area contributed by atoms with Crippen LogP contribution < -0.4 is 5.76 Å². The molecule has 2 aromatic heterocycles. The van der Waals surface area contributed by atoms with E-state index in [-0.39, 0.29) is 13.0 Å². The third-order valence-electron chi connectivity index (χ3n) is 3.21. The maximum Gasteiger partial charge on any atom is 0.421 e. The number of benzene rings is 1. The molecule has 0 spiro atoms. The highest BCUT2D eigenvalue weighted by Crippen LogP contribution is 2.14. The number of rotatable bonds is 4. The van der Waals surface area contributed by atoms with Gasteiger partial charge in [-0.15, -0.1) is 0 Å². The van der Waals surface area contributed by atoms with Crippen LogP contribution in [-0.2, 0) is 17.8 Å². The molecule has 3 rings (SSSR count). The zero-order valence-corrected chi connectivity index (χ0v) is 11.0. The third kappa shape index (κ3) is 2.55. The van der Waals surface area contributed by atoms with Crippen LogP contribution in [0.15, 0.2) is 51.8 Å². The molecule has 0 aliphatic carbocycles. The van der Waals surface area contributed by atoms with Crippen molar-refractivity contribution in [3.8, 4) is 0 Å². The smallest absolute Gasteiger partial charge is 0.421 e. The van der Waals surface area contributed by atoms with E-state index in [0.717, 1.165) is 5.56 Å². The van der Waals surface area contributed by atoms with Crippen molar-refractivity contribution >= 4 is 17.2 Å². The van der Waals surface area contributed by atoms with E-state index < -0.39 is 11.7 Å². The molecular formula is C15H12N2O4. The second-order valence-corrected chi connectivity index (χ2v) is 4.62. The predicted molar refractivity (Wildman–Crippen MR) is 75.2 cm³/mol. The number of hydrogen-bond acceptors (Lipinski definition) is 4. The summed E-state index contributed by atoms with van der Waals surface area (Å²) < 4.78 is 6.52. The molecule has 0 amide bonds. The average Bonchev–Trinajstić information content (AvgIpc) is 2.77. The fourth-order valence-corrected chi connectivity index (χ4v) is 2.26. The van der Waals surface area contributed by atoms with Gasteiger partial charge in [-0.1, -0.05) is 24.3 Å². The summed E-state index contributed by atoms with van der Waals surface area (Å²) in [5.41, 5.74) is 2.29. The Hall–Kier alpha value is -2.89. The SMILES string of the molecule is O=C(O)Cc1ccccc1Cn1c(=O)oc2cccnc21. The van der Waals surface area contributed by atoms with Gasteiger partial charge in [-0.25, -0.2) is 9.78 Å². The van der Waals surface area contributed by atoms with Gasteiger partial charge in [0.15, 0.2) is 11.2 Å². The van der Waals surface area contributed by atoms with Gasteiger partial charge in [0, 0.05) is 6.20 Å². The van der Waals surface area contributed by atoms with Crippen molar-refractivity contribution in [3.05, 3.63) is 64.3 Å². The van der Waals surface area contributed by atoms with Gasteiger partial charge >= 0.3 is 11.7 Å². The summed E-state index contributed by atoms with van der Waals surface area (Å²) in [6.45, 7) is 0.228. The van der Waals surface area contributed by atoms with E-state index in [2.05, 4.69) is 4.98 Å². The summed E-state index contributed by atoms with van der Waals surface area (Å²) in [5.74, 6) is -1.42. The molecule has 0 unspecified atom stereocenters.